The van der Waals surface area contributed by atoms with Gasteiger partial charge in [-0.05, 0) is 31.3 Å². The highest BCUT2D eigenvalue weighted by Crippen LogP contribution is 2.19. The Kier molecular flexibility index (Phi) is 10.9. The number of carboxylic acid groups (broad SMARTS) is 2. The monoisotopic (exact) mass is 475 g/mol. The maximum atomic E-state index is 12.8. The molecule has 14 heteroatoms. The van der Waals surface area contributed by atoms with Gasteiger partial charge >= 0.3 is 11.9 Å². The molecule has 0 aromatic heterocycles. The van der Waals surface area contributed by atoms with Gasteiger partial charge in [-0.15, -0.1) is 0 Å². The molecule has 0 aliphatic carbocycles. The Morgan fingerprint density at radius 1 is 1.06 bits per heavy atom. The van der Waals surface area contributed by atoms with Crippen LogP contribution >= 0.6 is 11.8 Å². The number of hydrogen-bond acceptors (Lipinski definition) is 8. The molecular formula is C18H29N5O8S. The standard InChI is InChI=1S/C18H29N5O8S/c1-32-6-4-9(19)15(27)21-10(8-14(25)26)16(28)22-11(7-13(20)24)17(29)23-5-2-3-12(23)18(30)31/h9-12H,2-8,19H2,1H3,(H2,20,24)(H,21,27)(H,22,28)(H,25,26)(H,30,31). The number of hydrogen-bond donors (Lipinski definition) is 6. The summed E-state index contributed by atoms with van der Waals surface area (Å²) in [5, 5.41) is 22.9. The van der Waals surface area contributed by atoms with Crippen LogP contribution in [0.5, 0.6) is 0 Å². The summed E-state index contributed by atoms with van der Waals surface area (Å²) in [6, 6.07) is -5.18. The number of nitrogens with two attached hydrogens (primary N) is 2. The van der Waals surface area contributed by atoms with Crippen LogP contribution in [0.4, 0.5) is 0 Å². The van der Waals surface area contributed by atoms with Gasteiger partial charge in [-0.3, -0.25) is 24.0 Å². The summed E-state index contributed by atoms with van der Waals surface area (Å²) in [6.07, 6.45) is 1.31. The lowest BCUT2D eigenvalue weighted by Crippen LogP contribution is -2.58. The van der Waals surface area contributed by atoms with Gasteiger partial charge < -0.3 is 37.2 Å². The van der Waals surface area contributed by atoms with Crippen molar-refractivity contribution >= 4 is 47.3 Å². The molecule has 0 spiro atoms. The van der Waals surface area contributed by atoms with E-state index in [1.807, 2.05) is 6.26 Å². The number of rotatable bonds is 13. The van der Waals surface area contributed by atoms with Crippen molar-refractivity contribution in [1.82, 2.24) is 15.5 Å². The van der Waals surface area contributed by atoms with Crippen LogP contribution in [0.1, 0.15) is 32.1 Å². The zero-order chi connectivity index (χ0) is 24.4. The van der Waals surface area contributed by atoms with Crippen molar-refractivity contribution in [3.05, 3.63) is 0 Å². The minimum Gasteiger partial charge on any atom is -0.481 e. The molecule has 4 unspecified atom stereocenters. The zero-order valence-electron chi connectivity index (χ0n) is 17.6. The second-order valence-electron chi connectivity index (χ2n) is 7.31. The van der Waals surface area contributed by atoms with Gasteiger partial charge in [0.25, 0.3) is 0 Å². The Morgan fingerprint density at radius 3 is 2.22 bits per heavy atom. The van der Waals surface area contributed by atoms with Crippen molar-refractivity contribution in [3.8, 4) is 0 Å². The molecule has 32 heavy (non-hydrogen) atoms. The Balaban J connectivity index is 2.98. The van der Waals surface area contributed by atoms with Crippen LogP contribution in [0.2, 0.25) is 0 Å². The summed E-state index contributed by atoms with van der Waals surface area (Å²) >= 11 is 1.45. The number of carbonyl (C=O) groups excluding carboxylic acids is 4. The molecule has 1 heterocycles. The number of aliphatic carboxylic acids is 2. The predicted molar refractivity (Wildman–Crippen MR) is 113 cm³/mol. The molecule has 1 aliphatic heterocycles. The van der Waals surface area contributed by atoms with E-state index in [-0.39, 0.29) is 13.0 Å². The summed E-state index contributed by atoms with van der Waals surface area (Å²) in [4.78, 5) is 72.8. The van der Waals surface area contributed by atoms with Crippen LogP contribution in [0.25, 0.3) is 0 Å². The number of carbonyl (C=O) groups is 6. The molecule has 0 bridgehead atoms. The Bertz CT molecular complexity index is 749. The van der Waals surface area contributed by atoms with Crippen molar-refractivity contribution in [2.75, 3.05) is 18.6 Å². The Hall–Kier alpha value is -2.87. The third-order valence-electron chi connectivity index (χ3n) is 4.82. The minimum atomic E-state index is -1.57. The summed E-state index contributed by atoms with van der Waals surface area (Å²) in [5.74, 6) is -5.61. The van der Waals surface area contributed by atoms with Gasteiger partial charge in [0.2, 0.25) is 23.6 Å². The normalized spacial score (nSPS) is 18.3. The summed E-state index contributed by atoms with van der Waals surface area (Å²) in [5.41, 5.74) is 10.9. The van der Waals surface area contributed by atoms with E-state index in [2.05, 4.69) is 10.6 Å². The number of carboxylic acids is 2. The highest BCUT2D eigenvalue weighted by molar-refractivity contribution is 7.98. The lowest BCUT2D eigenvalue weighted by molar-refractivity contribution is -0.150. The molecule has 0 aromatic carbocycles. The maximum absolute atomic E-state index is 12.8. The largest absolute Gasteiger partial charge is 0.481 e. The summed E-state index contributed by atoms with van der Waals surface area (Å²) in [6.45, 7) is 0.112. The van der Waals surface area contributed by atoms with E-state index in [4.69, 9.17) is 16.6 Å². The first-order chi connectivity index (χ1) is 15.0. The van der Waals surface area contributed by atoms with Gasteiger partial charge in [0.15, 0.2) is 0 Å². The topological polar surface area (TPSA) is 222 Å². The lowest BCUT2D eigenvalue weighted by atomic mass is 10.1. The van der Waals surface area contributed by atoms with Crippen LogP contribution in [-0.2, 0) is 28.8 Å². The van der Waals surface area contributed by atoms with Gasteiger partial charge in [-0.2, -0.15) is 11.8 Å². The highest BCUT2D eigenvalue weighted by atomic mass is 32.2. The number of thioether (sulfide) groups is 1. The van der Waals surface area contributed by atoms with Crippen LogP contribution < -0.4 is 22.1 Å². The molecular weight excluding hydrogens is 446 g/mol. The molecule has 1 aliphatic rings. The van der Waals surface area contributed by atoms with Crippen LogP contribution in [0.15, 0.2) is 0 Å². The van der Waals surface area contributed by atoms with Gasteiger partial charge in [-0.1, -0.05) is 0 Å². The lowest BCUT2D eigenvalue weighted by Gasteiger charge is -2.28. The Morgan fingerprint density at radius 2 is 1.69 bits per heavy atom. The van der Waals surface area contributed by atoms with Crippen molar-refractivity contribution in [2.24, 2.45) is 11.5 Å². The Labute approximate surface area is 188 Å². The number of nitrogens with one attached hydrogen (secondary N) is 2. The van der Waals surface area contributed by atoms with Gasteiger partial charge in [0.1, 0.15) is 18.1 Å². The smallest absolute Gasteiger partial charge is 0.326 e. The summed E-state index contributed by atoms with van der Waals surface area (Å²) < 4.78 is 0. The van der Waals surface area contributed by atoms with Gasteiger partial charge in [-0.25, -0.2) is 4.79 Å². The third kappa shape index (κ3) is 8.34. The molecule has 1 rings (SSSR count). The van der Waals surface area contributed by atoms with E-state index in [0.717, 1.165) is 4.90 Å². The molecule has 1 fully saturated rings. The fourth-order valence-electron chi connectivity index (χ4n) is 3.20. The van der Waals surface area contributed by atoms with E-state index < -0.39 is 72.6 Å². The van der Waals surface area contributed by atoms with Crippen LogP contribution in [0.3, 0.4) is 0 Å². The molecule has 1 saturated heterocycles. The van der Waals surface area contributed by atoms with E-state index in [1.54, 1.807) is 0 Å². The first kappa shape index (κ1) is 27.2. The fourth-order valence-corrected chi connectivity index (χ4v) is 3.69. The number of amides is 4. The van der Waals surface area contributed by atoms with E-state index in [0.29, 0.717) is 18.6 Å². The number of nitrogens with zero attached hydrogens (tertiary/aromatic N) is 1. The predicted octanol–water partition coefficient (Wildman–Crippen LogP) is -2.54. The molecule has 13 nitrogen and oxygen atoms in total. The first-order valence-corrected chi connectivity index (χ1v) is 11.3. The van der Waals surface area contributed by atoms with E-state index in [9.17, 15) is 33.9 Å². The van der Waals surface area contributed by atoms with Gasteiger partial charge in [0, 0.05) is 6.54 Å². The molecule has 4 atom stereocenters. The maximum Gasteiger partial charge on any atom is 0.326 e. The molecule has 180 valence electrons. The molecule has 8 N–H and O–H groups in total. The number of likely N-dealkylation sites (tertiary alicyclic amines) is 1. The van der Waals surface area contributed by atoms with Crippen molar-refractivity contribution in [3.63, 3.8) is 0 Å². The van der Waals surface area contributed by atoms with Gasteiger partial charge in [0.05, 0.1) is 18.9 Å². The second-order valence-corrected chi connectivity index (χ2v) is 8.29. The average Bonchev–Trinajstić information content (AvgIpc) is 3.19. The second kappa shape index (κ2) is 12.9. The molecule has 0 saturated carbocycles. The fraction of sp³-hybridized carbons (Fsp3) is 0.667. The van der Waals surface area contributed by atoms with Crippen molar-refractivity contribution in [1.29, 1.82) is 0 Å². The quantitative estimate of drug-likeness (QED) is 0.164. The molecule has 0 aromatic rings. The van der Waals surface area contributed by atoms with Crippen molar-refractivity contribution in [2.45, 2.75) is 56.3 Å². The third-order valence-corrected chi connectivity index (χ3v) is 5.47. The average molecular weight is 476 g/mol. The van der Waals surface area contributed by atoms with E-state index >= 15 is 0 Å². The zero-order valence-corrected chi connectivity index (χ0v) is 18.4. The SMILES string of the molecule is CSCCC(N)C(=O)NC(CC(=O)O)C(=O)NC(CC(N)=O)C(=O)N1CCCC1C(=O)O. The van der Waals surface area contributed by atoms with Crippen molar-refractivity contribution < 1.29 is 39.0 Å². The molecule has 0 radical (unpaired) electrons. The molecule has 4 amide bonds. The first-order valence-electron chi connectivity index (χ1n) is 9.86. The van der Waals surface area contributed by atoms with Crippen LogP contribution in [0, 0.1) is 0 Å². The highest BCUT2D eigenvalue weighted by Gasteiger charge is 2.39. The van der Waals surface area contributed by atoms with E-state index in [1.165, 1.54) is 11.8 Å². The number of primary amides is 1. The summed E-state index contributed by atoms with van der Waals surface area (Å²) in [7, 11) is 0. The van der Waals surface area contributed by atoms with Crippen LogP contribution in [-0.4, -0.2) is 93.4 Å². The minimum absolute atomic E-state index is 0.112.